The molecule has 0 aromatic heterocycles. The van der Waals surface area contributed by atoms with Crippen LogP contribution in [0.15, 0.2) is 71.6 Å². The lowest BCUT2D eigenvalue weighted by Gasteiger charge is -2.15. The molecule has 0 heterocycles. The topological polar surface area (TPSA) is 84.5 Å². The van der Waals surface area contributed by atoms with Crippen molar-refractivity contribution in [2.24, 2.45) is 0 Å². The minimum atomic E-state index is -3.69. The number of benzene rings is 3. The number of carbonyl (C=O) groups is 1. The highest BCUT2D eigenvalue weighted by Crippen LogP contribution is 2.22. The minimum Gasteiger partial charge on any atom is -0.484 e. The molecule has 3 rings (SSSR count). The van der Waals surface area contributed by atoms with Gasteiger partial charge in [-0.15, -0.1) is 0 Å². The van der Waals surface area contributed by atoms with Crippen LogP contribution in [0, 0.1) is 20.8 Å². The lowest BCUT2D eigenvalue weighted by atomic mass is 10.1. The maximum Gasteiger partial charge on any atom is 0.262 e. The van der Waals surface area contributed by atoms with E-state index >= 15 is 0 Å². The monoisotopic (exact) mass is 452 g/mol. The fourth-order valence-electron chi connectivity index (χ4n) is 3.53. The second kappa shape index (κ2) is 9.97. The highest BCUT2D eigenvalue weighted by Gasteiger charge is 2.18. The Balaban J connectivity index is 1.59. The molecule has 0 unspecified atom stereocenters. The van der Waals surface area contributed by atoms with Crippen LogP contribution < -0.4 is 14.8 Å². The molecule has 32 heavy (non-hydrogen) atoms. The molecule has 1 amide bonds. The summed E-state index contributed by atoms with van der Waals surface area (Å²) in [6.07, 6.45) is 0. The molecule has 2 N–H and O–H groups in total. The SMILES string of the molecule is Cc1cc(C)c(NC(=O)COc2ccc(S(=O)(=O)N[C@H](C)c3ccccc3)cc2)c(C)c1. The van der Waals surface area contributed by atoms with Crippen LogP contribution in [0.1, 0.15) is 35.2 Å². The Morgan fingerprint density at radius 2 is 1.53 bits per heavy atom. The van der Waals surface area contributed by atoms with E-state index in [0.717, 1.165) is 27.9 Å². The van der Waals surface area contributed by atoms with E-state index in [1.54, 1.807) is 6.92 Å². The summed E-state index contributed by atoms with van der Waals surface area (Å²) < 4.78 is 33.5. The summed E-state index contributed by atoms with van der Waals surface area (Å²) in [5.41, 5.74) is 4.77. The summed E-state index contributed by atoms with van der Waals surface area (Å²) in [5, 5.41) is 2.88. The number of hydrogen-bond acceptors (Lipinski definition) is 4. The number of amides is 1. The summed E-state index contributed by atoms with van der Waals surface area (Å²) in [4.78, 5) is 12.4. The first kappa shape index (κ1) is 23.5. The molecule has 3 aromatic rings. The van der Waals surface area contributed by atoms with Gasteiger partial charge in [0.25, 0.3) is 5.91 Å². The first-order chi connectivity index (χ1) is 15.2. The van der Waals surface area contributed by atoms with Crippen molar-refractivity contribution in [3.63, 3.8) is 0 Å². The van der Waals surface area contributed by atoms with E-state index < -0.39 is 10.0 Å². The summed E-state index contributed by atoms with van der Waals surface area (Å²) in [5.74, 6) is 0.127. The summed E-state index contributed by atoms with van der Waals surface area (Å²) in [6, 6.07) is 19.0. The molecule has 168 valence electrons. The van der Waals surface area contributed by atoms with Crippen molar-refractivity contribution in [2.45, 2.75) is 38.6 Å². The lowest BCUT2D eigenvalue weighted by molar-refractivity contribution is -0.118. The molecule has 0 aliphatic rings. The maximum atomic E-state index is 12.7. The van der Waals surface area contributed by atoms with Gasteiger partial charge in [0.2, 0.25) is 10.0 Å². The third kappa shape index (κ3) is 5.96. The average molecular weight is 453 g/mol. The van der Waals surface area contributed by atoms with Crippen molar-refractivity contribution < 1.29 is 17.9 Å². The first-order valence-electron chi connectivity index (χ1n) is 10.3. The van der Waals surface area contributed by atoms with Gasteiger partial charge in [0, 0.05) is 11.7 Å². The number of anilines is 1. The molecule has 0 spiro atoms. The number of hydrogen-bond donors (Lipinski definition) is 2. The van der Waals surface area contributed by atoms with Crippen LogP contribution in [0.4, 0.5) is 5.69 Å². The summed E-state index contributed by atoms with van der Waals surface area (Å²) in [6.45, 7) is 7.52. The second-order valence-electron chi connectivity index (χ2n) is 7.84. The van der Waals surface area contributed by atoms with Gasteiger partial charge in [-0.3, -0.25) is 4.79 Å². The largest absolute Gasteiger partial charge is 0.484 e. The van der Waals surface area contributed by atoms with Gasteiger partial charge in [-0.25, -0.2) is 13.1 Å². The molecular formula is C25H28N2O4S. The Morgan fingerprint density at radius 3 is 2.12 bits per heavy atom. The number of carbonyl (C=O) groups excluding carboxylic acids is 1. The Kier molecular flexibility index (Phi) is 7.33. The van der Waals surface area contributed by atoms with E-state index in [1.165, 1.54) is 24.3 Å². The van der Waals surface area contributed by atoms with Crippen LogP contribution >= 0.6 is 0 Å². The van der Waals surface area contributed by atoms with Gasteiger partial charge >= 0.3 is 0 Å². The Hall–Kier alpha value is -3.16. The normalized spacial score (nSPS) is 12.2. The van der Waals surface area contributed by atoms with Gasteiger partial charge in [-0.2, -0.15) is 0 Å². The first-order valence-corrected chi connectivity index (χ1v) is 11.8. The zero-order chi connectivity index (χ0) is 23.3. The molecule has 0 radical (unpaired) electrons. The molecule has 0 aliphatic carbocycles. The molecule has 7 heteroatoms. The van der Waals surface area contributed by atoms with Crippen molar-refractivity contribution in [3.05, 3.63) is 89.0 Å². The van der Waals surface area contributed by atoms with Crippen molar-refractivity contribution in [3.8, 4) is 5.75 Å². The third-order valence-electron chi connectivity index (χ3n) is 5.08. The molecule has 6 nitrogen and oxygen atoms in total. The molecule has 1 atom stereocenters. The van der Waals surface area contributed by atoms with Gasteiger partial charge in [-0.05, 0) is 68.7 Å². The van der Waals surface area contributed by atoms with Gasteiger partial charge in [-0.1, -0.05) is 48.0 Å². The fourth-order valence-corrected chi connectivity index (χ4v) is 4.76. The number of sulfonamides is 1. The van der Waals surface area contributed by atoms with E-state index in [0.29, 0.717) is 5.75 Å². The molecule has 0 bridgehead atoms. The zero-order valence-corrected chi connectivity index (χ0v) is 19.5. The van der Waals surface area contributed by atoms with E-state index in [-0.39, 0.29) is 23.5 Å². The number of nitrogens with one attached hydrogen (secondary N) is 2. The highest BCUT2D eigenvalue weighted by molar-refractivity contribution is 7.89. The molecule has 0 saturated heterocycles. The van der Waals surface area contributed by atoms with Crippen molar-refractivity contribution in [1.29, 1.82) is 0 Å². The maximum absolute atomic E-state index is 12.7. The number of ether oxygens (including phenoxy) is 1. The van der Waals surface area contributed by atoms with Crippen LogP contribution in [-0.4, -0.2) is 20.9 Å². The van der Waals surface area contributed by atoms with E-state index in [9.17, 15) is 13.2 Å². The van der Waals surface area contributed by atoms with E-state index in [4.69, 9.17) is 4.74 Å². The Labute approximate surface area is 189 Å². The Bertz CT molecular complexity index is 1170. The molecule has 0 saturated carbocycles. The molecule has 3 aromatic carbocycles. The molecule has 0 fully saturated rings. The second-order valence-corrected chi connectivity index (χ2v) is 9.55. The van der Waals surface area contributed by atoms with Crippen molar-refractivity contribution >= 4 is 21.6 Å². The average Bonchev–Trinajstić information content (AvgIpc) is 2.75. The van der Waals surface area contributed by atoms with Gasteiger partial charge in [0.1, 0.15) is 5.75 Å². The number of aryl methyl sites for hydroxylation is 3. The standard InChI is InChI=1S/C25H28N2O4S/c1-17-14-18(2)25(19(3)15-17)26-24(28)16-31-22-10-12-23(13-11-22)32(29,30)27-20(4)21-8-6-5-7-9-21/h5-15,20,27H,16H2,1-4H3,(H,26,28)/t20-/m1/s1. The van der Waals surface area contributed by atoms with Crippen LogP contribution in [0.25, 0.3) is 0 Å². The van der Waals surface area contributed by atoms with E-state index in [2.05, 4.69) is 10.0 Å². The summed E-state index contributed by atoms with van der Waals surface area (Å²) in [7, 11) is -3.69. The lowest BCUT2D eigenvalue weighted by Crippen LogP contribution is -2.26. The minimum absolute atomic E-state index is 0.128. The smallest absolute Gasteiger partial charge is 0.262 e. The quantitative estimate of drug-likeness (QED) is 0.520. The Morgan fingerprint density at radius 1 is 0.938 bits per heavy atom. The molecule has 0 aliphatic heterocycles. The zero-order valence-electron chi connectivity index (χ0n) is 18.7. The van der Waals surface area contributed by atoms with Crippen LogP contribution in [0.3, 0.4) is 0 Å². The van der Waals surface area contributed by atoms with Crippen molar-refractivity contribution in [1.82, 2.24) is 4.72 Å². The van der Waals surface area contributed by atoms with Crippen molar-refractivity contribution in [2.75, 3.05) is 11.9 Å². The predicted molar refractivity (Wildman–Crippen MR) is 126 cm³/mol. The number of rotatable bonds is 8. The van der Waals surface area contributed by atoms with Crippen LogP contribution in [-0.2, 0) is 14.8 Å². The van der Waals surface area contributed by atoms with Gasteiger partial charge < -0.3 is 10.1 Å². The van der Waals surface area contributed by atoms with Crippen LogP contribution in [0.2, 0.25) is 0 Å². The molecular weight excluding hydrogens is 424 g/mol. The third-order valence-corrected chi connectivity index (χ3v) is 6.63. The van der Waals surface area contributed by atoms with Crippen LogP contribution in [0.5, 0.6) is 5.75 Å². The van der Waals surface area contributed by atoms with E-state index in [1.807, 2.05) is 63.2 Å². The summed E-state index contributed by atoms with van der Waals surface area (Å²) >= 11 is 0. The predicted octanol–water partition coefficient (Wildman–Crippen LogP) is 4.67. The fraction of sp³-hybridized carbons (Fsp3) is 0.240. The van der Waals surface area contributed by atoms with Gasteiger partial charge in [0.05, 0.1) is 4.90 Å². The highest BCUT2D eigenvalue weighted by atomic mass is 32.2. The van der Waals surface area contributed by atoms with Gasteiger partial charge in [0.15, 0.2) is 6.61 Å².